The maximum absolute atomic E-state index is 15.9. The first-order valence-corrected chi connectivity index (χ1v) is 38.2. The quantitative estimate of drug-likeness (QED) is 0.172. The molecule has 588 valence electrons. The average molecular weight is 1500 g/mol. The summed E-state index contributed by atoms with van der Waals surface area (Å²) in [6.07, 6.45) is 4.90. The first kappa shape index (κ1) is 86.3. The number of likely N-dealkylation sites (tertiary alicyclic amines) is 1. The predicted octanol–water partition coefficient (Wildman–Crippen LogP) is 5.79. The summed E-state index contributed by atoms with van der Waals surface area (Å²) in [6.45, 7) is 6.21. The maximum Gasteiger partial charge on any atom is 0.417 e. The Bertz CT molecular complexity index is 3250. The zero-order valence-electron chi connectivity index (χ0n) is 64.1. The molecule has 5 aliphatic rings. The number of benzene rings is 1. The molecule has 2 aliphatic heterocycles. The maximum atomic E-state index is 15.9. The second kappa shape index (κ2) is 39.3. The van der Waals surface area contributed by atoms with Crippen LogP contribution < -0.4 is 21.3 Å². The molecule has 30 heteroatoms. The molecule has 0 bridgehead atoms. The third-order valence-corrected chi connectivity index (χ3v) is 22.9. The Labute approximate surface area is 623 Å². The molecule has 5 fully saturated rings. The number of carbonyl (C=O) groups is 13. The van der Waals surface area contributed by atoms with E-state index in [0.717, 1.165) is 76.7 Å². The van der Waals surface area contributed by atoms with Crippen molar-refractivity contribution in [1.29, 1.82) is 0 Å². The minimum Gasteiger partial charge on any atom is -0.359 e. The molecule has 3 saturated carbocycles. The highest BCUT2D eigenvalue weighted by molar-refractivity contribution is 6.31. The van der Waals surface area contributed by atoms with E-state index in [-0.39, 0.29) is 68.8 Å². The van der Waals surface area contributed by atoms with E-state index in [0.29, 0.717) is 70.9 Å². The number of alkyl halides is 3. The Morgan fingerprint density at radius 1 is 0.619 bits per heavy atom. The highest BCUT2D eigenvalue weighted by atomic mass is 35.5. The third-order valence-electron chi connectivity index (χ3n) is 22.6. The second-order valence-electron chi connectivity index (χ2n) is 30.7. The lowest BCUT2D eigenvalue weighted by atomic mass is 9.81. The van der Waals surface area contributed by atoms with Crippen LogP contribution in [0.2, 0.25) is 5.02 Å². The Hall–Kier alpha value is -7.59. The molecule has 0 aromatic heterocycles. The summed E-state index contributed by atoms with van der Waals surface area (Å²) in [5.74, 6) is -10.1. The fourth-order valence-electron chi connectivity index (χ4n) is 15.6. The molecule has 2 heterocycles. The highest BCUT2D eigenvalue weighted by Gasteiger charge is 2.51. The standard InChI is InChI=1S/C75H117ClF3N13O13/c1-14-48(4)64-71(103)86(8)45-62(96)84(6)46-63(97)88(10)57(42-49-26-18-15-19-27-49)69(101)85(7)44-60(94)81-54(33-31-50-30-32-52(53(76)41-50)75(77,78)79)68(100)89(11)55(34-35-59(93)80-5)67(99)83-74(36-22-23-37-74)73(105)91(13)65(51-28-20-16-21-29-51)72(104)90(12)58(70(102)92-38-24-17-25-39-92)43-61(95)87(9)56(40-47(2)3)66(98)82-64/h30,32,41,47-49,51,54-58,64-65H,14-29,31,33-40,42-46H2,1-13H3,(H,80,93)(H,81,94)(H,82,98)(H,83,99)/t48-,54-,55-,56-,57-,58-,64-,65-/m0/s1. The molecule has 8 atom stereocenters. The number of nitrogens with zero attached hydrogens (tertiary/aromatic N) is 9. The molecular formula is C75H117ClF3N13O13. The van der Waals surface area contributed by atoms with Gasteiger partial charge in [-0.25, -0.2) is 0 Å². The molecule has 3 aliphatic carbocycles. The first-order valence-electron chi connectivity index (χ1n) is 37.8. The van der Waals surface area contributed by atoms with Gasteiger partial charge in [-0.05, 0) is 118 Å². The minimum absolute atomic E-state index is 0.0140. The van der Waals surface area contributed by atoms with Crippen molar-refractivity contribution in [3.05, 3.63) is 34.3 Å². The molecule has 0 radical (unpaired) electrons. The van der Waals surface area contributed by atoms with Crippen LogP contribution in [-0.4, -0.2) is 265 Å². The molecule has 0 unspecified atom stereocenters. The Balaban J connectivity index is 1.48. The fourth-order valence-corrected chi connectivity index (χ4v) is 15.9. The van der Waals surface area contributed by atoms with Crippen molar-refractivity contribution in [3.63, 3.8) is 0 Å². The molecular weight excluding hydrogens is 1380 g/mol. The summed E-state index contributed by atoms with van der Waals surface area (Å²) < 4.78 is 41.9. The summed E-state index contributed by atoms with van der Waals surface area (Å²) in [5.41, 5.74) is -2.58. The molecule has 1 spiro atoms. The number of halogens is 4. The monoisotopic (exact) mass is 1500 g/mol. The van der Waals surface area contributed by atoms with Gasteiger partial charge >= 0.3 is 6.18 Å². The molecule has 26 nitrogen and oxygen atoms in total. The number of hydrogen-bond acceptors (Lipinski definition) is 13. The van der Waals surface area contributed by atoms with Crippen LogP contribution in [0.15, 0.2) is 18.2 Å². The molecule has 4 N–H and O–H groups in total. The number of amides is 13. The van der Waals surface area contributed by atoms with Crippen LogP contribution in [0, 0.1) is 23.7 Å². The number of nitrogens with one attached hydrogen (secondary N) is 4. The van der Waals surface area contributed by atoms with Crippen LogP contribution >= 0.6 is 11.6 Å². The number of carbonyl (C=O) groups excluding carboxylic acids is 13. The van der Waals surface area contributed by atoms with Crippen LogP contribution in [0.5, 0.6) is 0 Å². The first-order chi connectivity index (χ1) is 49.5. The van der Waals surface area contributed by atoms with Gasteiger partial charge in [-0.3, -0.25) is 62.3 Å². The minimum atomic E-state index is -4.80. The molecule has 6 rings (SSSR count). The van der Waals surface area contributed by atoms with Gasteiger partial charge < -0.3 is 65.4 Å². The van der Waals surface area contributed by atoms with Gasteiger partial charge in [-0.15, -0.1) is 0 Å². The summed E-state index contributed by atoms with van der Waals surface area (Å²) >= 11 is 6.17. The van der Waals surface area contributed by atoms with E-state index in [4.69, 9.17) is 11.6 Å². The van der Waals surface area contributed by atoms with Crippen LogP contribution in [0.25, 0.3) is 0 Å². The van der Waals surface area contributed by atoms with Crippen molar-refractivity contribution >= 4 is 88.4 Å². The van der Waals surface area contributed by atoms with Crippen LogP contribution in [0.4, 0.5) is 13.2 Å². The number of likely N-dealkylation sites (N-methyl/N-ethyl adjacent to an activating group) is 8. The Morgan fingerprint density at radius 2 is 1.20 bits per heavy atom. The van der Waals surface area contributed by atoms with E-state index in [1.165, 1.54) is 89.1 Å². The number of piperidine rings is 1. The Kier molecular flexibility index (Phi) is 32.3. The summed E-state index contributed by atoms with van der Waals surface area (Å²) in [7, 11) is 12.5. The molecule has 13 amide bonds. The summed E-state index contributed by atoms with van der Waals surface area (Å²) in [4.78, 5) is 205. The number of hydrogen-bond donors (Lipinski definition) is 4. The normalized spacial score (nSPS) is 25.6. The van der Waals surface area contributed by atoms with Gasteiger partial charge in [0, 0.05) is 82.9 Å². The van der Waals surface area contributed by atoms with Gasteiger partial charge in [-0.2, -0.15) is 13.2 Å². The van der Waals surface area contributed by atoms with Gasteiger partial charge in [0.1, 0.15) is 47.8 Å². The van der Waals surface area contributed by atoms with Crippen molar-refractivity contribution in [2.75, 3.05) is 96.2 Å². The third kappa shape index (κ3) is 23.0. The van der Waals surface area contributed by atoms with Crippen molar-refractivity contribution in [3.8, 4) is 0 Å². The van der Waals surface area contributed by atoms with Crippen LogP contribution in [0.3, 0.4) is 0 Å². The van der Waals surface area contributed by atoms with Gasteiger partial charge in [0.2, 0.25) is 76.8 Å². The van der Waals surface area contributed by atoms with E-state index in [1.54, 1.807) is 11.8 Å². The zero-order chi connectivity index (χ0) is 77.9. The lowest BCUT2D eigenvalue weighted by Crippen LogP contribution is -2.65. The average Bonchev–Trinajstić information content (AvgIpc) is 1.77. The molecule has 105 heavy (non-hydrogen) atoms. The molecule has 2 saturated heterocycles. The van der Waals surface area contributed by atoms with E-state index < -0.39 is 179 Å². The largest absolute Gasteiger partial charge is 0.417 e. The van der Waals surface area contributed by atoms with Crippen molar-refractivity contribution in [2.45, 2.75) is 242 Å². The van der Waals surface area contributed by atoms with E-state index in [9.17, 15) is 46.7 Å². The second-order valence-corrected chi connectivity index (χ2v) is 31.1. The van der Waals surface area contributed by atoms with Crippen molar-refractivity contribution in [2.24, 2.45) is 23.7 Å². The number of aryl methyl sites for hydroxylation is 1. The predicted molar refractivity (Wildman–Crippen MR) is 389 cm³/mol. The van der Waals surface area contributed by atoms with Gasteiger partial charge in [0.15, 0.2) is 0 Å². The van der Waals surface area contributed by atoms with Crippen LogP contribution in [-0.2, 0) is 74.9 Å². The van der Waals surface area contributed by atoms with Crippen molar-refractivity contribution < 1.29 is 75.5 Å². The zero-order valence-corrected chi connectivity index (χ0v) is 64.9. The Morgan fingerprint density at radius 3 is 1.78 bits per heavy atom. The van der Waals surface area contributed by atoms with Gasteiger partial charge in [0.05, 0.1) is 36.6 Å². The van der Waals surface area contributed by atoms with Crippen molar-refractivity contribution in [1.82, 2.24) is 65.4 Å². The molecule has 1 aromatic carbocycles. The van der Waals surface area contributed by atoms with E-state index >= 15 is 28.8 Å². The topological polar surface area (TPSA) is 299 Å². The van der Waals surface area contributed by atoms with Gasteiger partial charge in [0.25, 0.3) is 0 Å². The van der Waals surface area contributed by atoms with E-state index in [1.807, 2.05) is 20.8 Å². The van der Waals surface area contributed by atoms with Crippen LogP contribution in [0.1, 0.15) is 193 Å². The summed E-state index contributed by atoms with van der Waals surface area (Å²) in [5, 5.41) is 10.5. The lowest BCUT2D eigenvalue weighted by Gasteiger charge is -2.43. The lowest BCUT2D eigenvalue weighted by molar-refractivity contribution is -0.157. The smallest absolute Gasteiger partial charge is 0.359 e. The fraction of sp³-hybridized carbons (Fsp3) is 0.747. The number of rotatable bonds is 14. The SMILES string of the molecule is CC[C@H](C)[C@@H]1NC(=O)[C@H](CC(C)C)N(C)C(=O)C[C@@H](C(=O)N2CCCCC2)N(C)C(=O)[C@H](C2CCCCC2)N(C)C(=O)C2(CCCC2)NC(=O)[C@H](CCC(=O)NC)N(C)C(=O)[C@H](CCc2ccc(C(F)(F)F)c(Cl)c2)NC(=O)CN(C)C(=O)[C@H](CC2CCCCC2)N(C)C(=O)CN(C)C(=O)CN(C)C1=O. The van der Waals surface area contributed by atoms with E-state index in [2.05, 4.69) is 21.3 Å². The molecule has 1 aromatic rings. The van der Waals surface area contributed by atoms with Gasteiger partial charge in [-0.1, -0.05) is 116 Å². The summed E-state index contributed by atoms with van der Waals surface area (Å²) in [6, 6.07) is -6.36. The highest BCUT2D eigenvalue weighted by Crippen LogP contribution is 2.38.